The van der Waals surface area contributed by atoms with Crippen LogP contribution in [0.1, 0.15) is 5.56 Å². The largest absolute Gasteiger partial charge is 0.399 e. The lowest BCUT2D eigenvalue weighted by Gasteiger charge is -2.02. The molecule has 4 heteroatoms. The standard InChI is InChI=1S/C9H10N2OS/c10-6-7-5-8(11)1-2-9(7)13-4-3-12/h1-2,5,12H,3-4,11H2. The van der Waals surface area contributed by atoms with Crippen molar-refractivity contribution in [1.29, 1.82) is 5.26 Å². The van der Waals surface area contributed by atoms with Crippen LogP contribution >= 0.6 is 11.8 Å². The highest BCUT2D eigenvalue weighted by Gasteiger charge is 2.01. The lowest BCUT2D eigenvalue weighted by molar-refractivity contribution is 0.322. The normalized spacial score (nSPS) is 9.54. The molecule has 0 saturated carbocycles. The summed E-state index contributed by atoms with van der Waals surface area (Å²) in [5.41, 5.74) is 6.68. The fourth-order valence-electron chi connectivity index (χ4n) is 0.916. The molecule has 0 spiro atoms. The van der Waals surface area contributed by atoms with E-state index < -0.39 is 0 Å². The van der Waals surface area contributed by atoms with Gasteiger partial charge < -0.3 is 10.8 Å². The zero-order valence-electron chi connectivity index (χ0n) is 7.03. The van der Waals surface area contributed by atoms with Crippen molar-refractivity contribution in [3.8, 4) is 6.07 Å². The molecule has 0 saturated heterocycles. The van der Waals surface area contributed by atoms with Gasteiger partial charge in [0.2, 0.25) is 0 Å². The third-order valence-corrected chi connectivity index (χ3v) is 2.53. The highest BCUT2D eigenvalue weighted by atomic mass is 32.2. The van der Waals surface area contributed by atoms with Gasteiger partial charge in [-0.2, -0.15) is 5.26 Å². The average molecular weight is 194 g/mol. The van der Waals surface area contributed by atoms with E-state index in [4.69, 9.17) is 16.1 Å². The third-order valence-electron chi connectivity index (χ3n) is 1.47. The van der Waals surface area contributed by atoms with Crippen LogP contribution < -0.4 is 5.73 Å². The Balaban J connectivity index is 2.88. The Bertz CT molecular complexity index is 333. The summed E-state index contributed by atoms with van der Waals surface area (Å²) in [6.45, 7) is 0.111. The molecule has 0 aliphatic rings. The second kappa shape index (κ2) is 4.75. The fraction of sp³-hybridized carbons (Fsp3) is 0.222. The van der Waals surface area contributed by atoms with Gasteiger partial charge in [-0.3, -0.25) is 0 Å². The maximum atomic E-state index is 8.76. The van der Waals surface area contributed by atoms with Crippen LogP contribution in [0.3, 0.4) is 0 Å². The number of thioether (sulfide) groups is 1. The predicted molar refractivity (Wildman–Crippen MR) is 53.4 cm³/mol. The van der Waals surface area contributed by atoms with E-state index in [1.165, 1.54) is 11.8 Å². The lowest BCUT2D eigenvalue weighted by atomic mass is 10.2. The number of hydrogen-bond donors (Lipinski definition) is 2. The zero-order valence-corrected chi connectivity index (χ0v) is 7.84. The third kappa shape index (κ3) is 2.65. The molecule has 68 valence electrons. The monoisotopic (exact) mass is 194 g/mol. The van der Waals surface area contributed by atoms with Gasteiger partial charge in [-0.25, -0.2) is 0 Å². The van der Waals surface area contributed by atoms with Crippen LogP contribution in [-0.4, -0.2) is 17.5 Å². The number of benzene rings is 1. The van der Waals surface area contributed by atoms with Crippen molar-refractivity contribution < 1.29 is 5.11 Å². The Morgan fingerprint density at radius 3 is 2.92 bits per heavy atom. The number of nitriles is 1. The quantitative estimate of drug-likeness (QED) is 0.560. The van der Waals surface area contributed by atoms with E-state index >= 15 is 0 Å². The average Bonchev–Trinajstić information content (AvgIpc) is 2.16. The van der Waals surface area contributed by atoms with Gasteiger partial charge in [0.25, 0.3) is 0 Å². The summed E-state index contributed by atoms with van der Waals surface area (Å²) >= 11 is 1.45. The van der Waals surface area contributed by atoms with Gasteiger partial charge in [0.05, 0.1) is 12.2 Å². The molecule has 1 rings (SSSR count). The number of nitrogen functional groups attached to an aromatic ring is 1. The molecule has 3 nitrogen and oxygen atoms in total. The summed E-state index contributed by atoms with van der Waals surface area (Å²) in [6.07, 6.45) is 0. The molecule has 3 N–H and O–H groups in total. The lowest BCUT2D eigenvalue weighted by Crippen LogP contribution is -1.90. The van der Waals surface area contributed by atoms with Crippen molar-refractivity contribution in [3.05, 3.63) is 23.8 Å². The molecule has 0 aromatic heterocycles. The van der Waals surface area contributed by atoms with Gasteiger partial charge in [-0.15, -0.1) is 11.8 Å². The smallest absolute Gasteiger partial charge is 0.100 e. The second-order valence-corrected chi connectivity index (χ2v) is 3.58. The Kier molecular flexibility index (Phi) is 3.62. The minimum Gasteiger partial charge on any atom is -0.399 e. The van der Waals surface area contributed by atoms with Crippen LogP contribution in [-0.2, 0) is 0 Å². The Labute approximate surface area is 81.2 Å². The zero-order chi connectivity index (χ0) is 9.68. The van der Waals surface area contributed by atoms with E-state index in [2.05, 4.69) is 6.07 Å². The van der Waals surface area contributed by atoms with Crippen LogP contribution in [0, 0.1) is 11.3 Å². The summed E-state index contributed by atoms with van der Waals surface area (Å²) in [4.78, 5) is 0.866. The van der Waals surface area contributed by atoms with E-state index in [9.17, 15) is 0 Å². The maximum Gasteiger partial charge on any atom is 0.100 e. The van der Waals surface area contributed by atoms with E-state index in [0.717, 1.165) is 4.90 Å². The summed E-state index contributed by atoms with van der Waals surface area (Å²) in [5, 5.41) is 17.4. The molecular formula is C9H10N2OS. The van der Waals surface area contributed by atoms with Crippen molar-refractivity contribution in [2.75, 3.05) is 18.1 Å². The number of rotatable bonds is 3. The van der Waals surface area contributed by atoms with E-state index in [1.807, 2.05) is 0 Å². The SMILES string of the molecule is N#Cc1cc(N)ccc1SCCO. The number of aliphatic hydroxyl groups excluding tert-OH is 1. The van der Waals surface area contributed by atoms with Crippen LogP contribution in [0.5, 0.6) is 0 Å². The molecule has 0 atom stereocenters. The van der Waals surface area contributed by atoms with Crippen molar-refractivity contribution in [1.82, 2.24) is 0 Å². The number of nitrogens with two attached hydrogens (primary N) is 1. The van der Waals surface area contributed by atoms with Gasteiger partial charge in [-0.1, -0.05) is 0 Å². The number of anilines is 1. The molecule has 13 heavy (non-hydrogen) atoms. The fourth-order valence-corrected chi connectivity index (χ4v) is 1.65. The molecule has 0 amide bonds. The topological polar surface area (TPSA) is 70.0 Å². The number of nitrogens with zero attached hydrogens (tertiary/aromatic N) is 1. The van der Waals surface area contributed by atoms with Crippen LogP contribution in [0.2, 0.25) is 0 Å². The summed E-state index contributed by atoms with van der Waals surface area (Å²) in [7, 11) is 0. The van der Waals surface area contributed by atoms with E-state index in [-0.39, 0.29) is 6.61 Å². The van der Waals surface area contributed by atoms with Crippen LogP contribution in [0.25, 0.3) is 0 Å². The Hall–Kier alpha value is -1.18. The maximum absolute atomic E-state index is 8.76. The first-order chi connectivity index (χ1) is 6.27. The highest BCUT2D eigenvalue weighted by molar-refractivity contribution is 7.99. The van der Waals surface area contributed by atoms with Crippen LogP contribution in [0.4, 0.5) is 5.69 Å². The first-order valence-electron chi connectivity index (χ1n) is 3.81. The van der Waals surface area contributed by atoms with Crippen molar-refractivity contribution in [2.24, 2.45) is 0 Å². The molecule has 0 radical (unpaired) electrons. The van der Waals surface area contributed by atoms with Crippen molar-refractivity contribution in [2.45, 2.75) is 4.90 Å². The summed E-state index contributed by atoms with van der Waals surface area (Å²) in [6, 6.07) is 7.25. The Morgan fingerprint density at radius 2 is 2.31 bits per heavy atom. The molecule has 0 aliphatic heterocycles. The number of hydrogen-bond acceptors (Lipinski definition) is 4. The van der Waals surface area contributed by atoms with Crippen molar-refractivity contribution in [3.63, 3.8) is 0 Å². The van der Waals surface area contributed by atoms with Gasteiger partial charge in [0, 0.05) is 16.3 Å². The first-order valence-corrected chi connectivity index (χ1v) is 4.79. The molecule has 0 bridgehead atoms. The number of aliphatic hydroxyl groups is 1. The molecule has 1 aromatic carbocycles. The first kappa shape index (κ1) is 9.90. The molecule has 0 heterocycles. The van der Waals surface area contributed by atoms with Crippen molar-refractivity contribution >= 4 is 17.4 Å². The Morgan fingerprint density at radius 1 is 1.54 bits per heavy atom. The second-order valence-electron chi connectivity index (χ2n) is 2.44. The van der Waals surface area contributed by atoms with Gasteiger partial charge >= 0.3 is 0 Å². The predicted octanol–water partition coefficient (Wildman–Crippen LogP) is 1.22. The van der Waals surface area contributed by atoms with E-state index in [0.29, 0.717) is 17.0 Å². The minimum absolute atomic E-state index is 0.111. The van der Waals surface area contributed by atoms with Crippen LogP contribution in [0.15, 0.2) is 23.1 Å². The highest BCUT2D eigenvalue weighted by Crippen LogP contribution is 2.23. The molecular weight excluding hydrogens is 184 g/mol. The van der Waals surface area contributed by atoms with Gasteiger partial charge in [-0.05, 0) is 18.2 Å². The summed E-state index contributed by atoms with van der Waals surface area (Å²) < 4.78 is 0. The van der Waals surface area contributed by atoms with Gasteiger partial charge in [0.15, 0.2) is 0 Å². The molecule has 0 aliphatic carbocycles. The van der Waals surface area contributed by atoms with Gasteiger partial charge in [0.1, 0.15) is 6.07 Å². The molecule has 0 fully saturated rings. The molecule has 0 unspecified atom stereocenters. The van der Waals surface area contributed by atoms with E-state index in [1.54, 1.807) is 18.2 Å². The molecule has 1 aromatic rings. The minimum atomic E-state index is 0.111. The summed E-state index contributed by atoms with van der Waals surface area (Å²) in [5.74, 6) is 0.596.